The second-order valence-corrected chi connectivity index (χ2v) is 5.23. The summed E-state index contributed by atoms with van der Waals surface area (Å²) in [5.41, 5.74) is 0.365. The van der Waals surface area contributed by atoms with Crippen LogP contribution in [0.15, 0.2) is 12.1 Å². The molecule has 1 aliphatic heterocycles. The molecule has 0 aromatic carbocycles. The van der Waals surface area contributed by atoms with Crippen LogP contribution in [0.3, 0.4) is 0 Å². The molecule has 110 valence electrons. The van der Waals surface area contributed by atoms with E-state index in [2.05, 4.69) is 15.6 Å². The molecule has 21 heavy (non-hydrogen) atoms. The average Bonchev–Trinajstić information content (AvgIpc) is 2.95. The van der Waals surface area contributed by atoms with E-state index >= 15 is 0 Å². The zero-order chi connectivity index (χ0) is 15.0. The van der Waals surface area contributed by atoms with Crippen LogP contribution in [-0.4, -0.2) is 49.4 Å². The normalized spacial score (nSPS) is 25.9. The number of hydrogen-bond donors (Lipinski definition) is 2. The van der Waals surface area contributed by atoms with E-state index in [1.165, 1.54) is 19.2 Å². The van der Waals surface area contributed by atoms with Crippen molar-refractivity contribution in [2.75, 3.05) is 20.3 Å². The third-order valence-corrected chi connectivity index (χ3v) is 3.94. The van der Waals surface area contributed by atoms with E-state index in [0.29, 0.717) is 31.3 Å². The van der Waals surface area contributed by atoms with Crippen molar-refractivity contribution in [3.8, 4) is 0 Å². The molecule has 3 rings (SSSR count). The molecule has 1 aromatic heterocycles. The molecule has 2 heterocycles. The molecule has 1 saturated carbocycles. The van der Waals surface area contributed by atoms with Crippen LogP contribution in [0.25, 0.3) is 0 Å². The fraction of sp³-hybridized carbons (Fsp3) is 0.429. The molecule has 0 bridgehead atoms. The highest BCUT2D eigenvalue weighted by Crippen LogP contribution is 2.44. The maximum atomic E-state index is 12.2. The van der Waals surface area contributed by atoms with Gasteiger partial charge in [0, 0.05) is 30.5 Å². The average molecular weight is 289 g/mol. The van der Waals surface area contributed by atoms with Gasteiger partial charge in [0.25, 0.3) is 11.8 Å². The molecule has 2 aliphatic rings. The summed E-state index contributed by atoms with van der Waals surface area (Å²) in [4.78, 5) is 38.6. The van der Waals surface area contributed by atoms with Crippen LogP contribution in [0.4, 0.5) is 0 Å². The quantitative estimate of drug-likeness (QED) is 0.737. The lowest BCUT2D eigenvalue weighted by Gasteiger charge is -2.09. The number of nitrogens with zero attached hydrogens (tertiary/aromatic N) is 1. The van der Waals surface area contributed by atoms with Gasteiger partial charge in [0.1, 0.15) is 11.4 Å². The first-order valence-corrected chi connectivity index (χ1v) is 6.72. The van der Waals surface area contributed by atoms with Gasteiger partial charge in [-0.05, 0) is 12.1 Å². The van der Waals surface area contributed by atoms with Crippen LogP contribution < -0.4 is 10.6 Å². The summed E-state index contributed by atoms with van der Waals surface area (Å²) in [6, 6.07) is 2.89. The van der Waals surface area contributed by atoms with Crippen molar-refractivity contribution >= 4 is 18.1 Å². The van der Waals surface area contributed by atoms with Crippen molar-refractivity contribution < 1.29 is 19.1 Å². The summed E-state index contributed by atoms with van der Waals surface area (Å²) in [5, 5.41) is 5.33. The number of nitrogens with one attached hydrogen (secondary N) is 2. The summed E-state index contributed by atoms with van der Waals surface area (Å²) in [6.45, 7) is 1.35. The Hall–Kier alpha value is -2.28. The van der Waals surface area contributed by atoms with E-state index < -0.39 is 5.91 Å². The van der Waals surface area contributed by atoms with Gasteiger partial charge in [0.15, 0.2) is 6.29 Å². The molecule has 2 amide bonds. The lowest BCUT2D eigenvalue weighted by atomic mass is 10.1. The van der Waals surface area contributed by atoms with Crippen LogP contribution >= 0.6 is 0 Å². The monoisotopic (exact) mass is 289 g/mol. The fourth-order valence-electron chi connectivity index (χ4n) is 2.68. The van der Waals surface area contributed by atoms with E-state index in [4.69, 9.17) is 4.74 Å². The lowest BCUT2D eigenvalue weighted by Crippen LogP contribution is -2.30. The van der Waals surface area contributed by atoms with Crippen molar-refractivity contribution in [3.05, 3.63) is 29.1 Å². The number of hydrogen-bond acceptors (Lipinski definition) is 5. The Morgan fingerprint density at radius 3 is 2.62 bits per heavy atom. The van der Waals surface area contributed by atoms with Gasteiger partial charge in [-0.3, -0.25) is 14.4 Å². The molecular formula is C14H15N3O4. The van der Waals surface area contributed by atoms with Crippen LogP contribution in [0.1, 0.15) is 31.3 Å². The van der Waals surface area contributed by atoms with Gasteiger partial charge in [0.2, 0.25) is 0 Å². The molecule has 1 aromatic rings. The molecule has 1 unspecified atom stereocenters. The first-order chi connectivity index (χ1) is 10.1. The summed E-state index contributed by atoms with van der Waals surface area (Å²) in [7, 11) is 1.46. The zero-order valence-corrected chi connectivity index (χ0v) is 11.5. The van der Waals surface area contributed by atoms with E-state index in [0.717, 1.165) is 0 Å². The lowest BCUT2D eigenvalue weighted by molar-refractivity contribution is 0.0929. The molecule has 7 nitrogen and oxygen atoms in total. The standard InChI is InChI=1S/C14H15N3O4/c1-15-14(20)11-3-7(2-8(4-18)16-11)13(19)17-12-9-5-21-6-10(9)12/h2-4,9-10,12H,5-6H2,1H3,(H,15,20)(H,17,19)/t9-,10+,12?. The Bertz CT molecular complexity index is 606. The smallest absolute Gasteiger partial charge is 0.269 e. The summed E-state index contributed by atoms with van der Waals surface area (Å²) >= 11 is 0. The minimum absolute atomic E-state index is 0.0478. The Balaban J connectivity index is 1.78. The van der Waals surface area contributed by atoms with Crippen LogP contribution in [-0.2, 0) is 4.74 Å². The van der Waals surface area contributed by atoms with Crippen molar-refractivity contribution in [3.63, 3.8) is 0 Å². The van der Waals surface area contributed by atoms with E-state index in [-0.39, 0.29) is 28.9 Å². The third kappa shape index (κ3) is 2.52. The Morgan fingerprint density at radius 1 is 1.29 bits per heavy atom. The highest BCUT2D eigenvalue weighted by molar-refractivity contribution is 6.00. The van der Waals surface area contributed by atoms with Gasteiger partial charge in [-0.25, -0.2) is 4.98 Å². The number of pyridine rings is 1. The molecule has 0 spiro atoms. The van der Waals surface area contributed by atoms with Crippen LogP contribution in [0.2, 0.25) is 0 Å². The highest BCUT2D eigenvalue weighted by atomic mass is 16.5. The van der Waals surface area contributed by atoms with Crippen molar-refractivity contribution in [1.82, 2.24) is 15.6 Å². The molecule has 1 aliphatic carbocycles. The molecule has 3 atom stereocenters. The first-order valence-electron chi connectivity index (χ1n) is 6.72. The van der Waals surface area contributed by atoms with Gasteiger partial charge >= 0.3 is 0 Å². The summed E-state index contributed by atoms with van der Waals surface area (Å²) < 4.78 is 5.27. The first kappa shape index (κ1) is 13.7. The van der Waals surface area contributed by atoms with Crippen LogP contribution in [0, 0.1) is 11.8 Å². The van der Waals surface area contributed by atoms with E-state index in [1.54, 1.807) is 0 Å². The predicted octanol–water partition coefficient (Wildman–Crippen LogP) is -0.372. The highest BCUT2D eigenvalue weighted by Gasteiger charge is 2.54. The second kappa shape index (κ2) is 5.25. The van der Waals surface area contributed by atoms with E-state index in [9.17, 15) is 14.4 Å². The Kier molecular flexibility index (Phi) is 3.42. The SMILES string of the molecule is CNC(=O)c1cc(C(=O)NC2[C@H]3COC[C@@H]23)cc(C=O)n1. The number of fused-ring (bicyclic) bond motifs is 1. The largest absolute Gasteiger partial charge is 0.381 e. The molecule has 0 radical (unpaired) electrons. The molecule has 1 saturated heterocycles. The Labute approximate surface area is 121 Å². The maximum Gasteiger partial charge on any atom is 0.269 e. The molecule has 7 heteroatoms. The predicted molar refractivity (Wildman–Crippen MR) is 72.1 cm³/mol. The third-order valence-electron chi connectivity index (χ3n) is 3.94. The number of ether oxygens (including phenoxy) is 1. The number of amides is 2. The van der Waals surface area contributed by atoms with E-state index in [1.807, 2.05) is 0 Å². The molecule has 2 fully saturated rings. The van der Waals surface area contributed by atoms with Crippen molar-refractivity contribution in [1.29, 1.82) is 0 Å². The number of aldehydes is 1. The number of rotatable bonds is 4. The molecular weight excluding hydrogens is 274 g/mol. The second-order valence-electron chi connectivity index (χ2n) is 5.23. The van der Waals surface area contributed by atoms with Crippen molar-refractivity contribution in [2.45, 2.75) is 6.04 Å². The number of carbonyl (C=O) groups is 3. The molecule has 2 N–H and O–H groups in total. The van der Waals surface area contributed by atoms with Gasteiger partial charge in [-0.2, -0.15) is 0 Å². The van der Waals surface area contributed by atoms with Crippen LogP contribution in [0.5, 0.6) is 0 Å². The minimum atomic E-state index is -0.440. The van der Waals surface area contributed by atoms with Gasteiger partial charge in [-0.15, -0.1) is 0 Å². The van der Waals surface area contributed by atoms with Gasteiger partial charge < -0.3 is 15.4 Å². The zero-order valence-electron chi connectivity index (χ0n) is 11.5. The number of aromatic nitrogens is 1. The van der Waals surface area contributed by atoms with Gasteiger partial charge in [-0.1, -0.05) is 0 Å². The minimum Gasteiger partial charge on any atom is -0.381 e. The fourth-order valence-corrected chi connectivity index (χ4v) is 2.68. The Morgan fingerprint density at radius 2 is 2.00 bits per heavy atom. The van der Waals surface area contributed by atoms with Crippen molar-refractivity contribution in [2.24, 2.45) is 11.8 Å². The summed E-state index contributed by atoms with van der Waals surface area (Å²) in [6.07, 6.45) is 0.517. The maximum absolute atomic E-state index is 12.2. The topological polar surface area (TPSA) is 97.4 Å². The van der Waals surface area contributed by atoms with Gasteiger partial charge in [0.05, 0.1) is 13.2 Å². The summed E-state index contributed by atoms with van der Waals surface area (Å²) in [5.74, 6) is 0.0361. The number of carbonyl (C=O) groups excluding carboxylic acids is 3.